The monoisotopic (exact) mass is 393 g/mol. The molecule has 1 aromatic rings. The maximum absolute atomic E-state index is 6.19. The third-order valence-corrected chi connectivity index (χ3v) is 5.75. The van der Waals surface area contributed by atoms with Crippen LogP contribution in [0.4, 0.5) is 5.69 Å². The Hall–Kier alpha value is -1.66. The van der Waals surface area contributed by atoms with Gasteiger partial charge in [-0.2, -0.15) is 0 Å². The lowest BCUT2D eigenvalue weighted by Gasteiger charge is -2.30. The summed E-state index contributed by atoms with van der Waals surface area (Å²) >= 11 is 6.19. The van der Waals surface area contributed by atoms with Crippen LogP contribution in [0, 0.1) is 5.92 Å². The van der Waals surface area contributed by atoms with Crippen LogP contribution in [0.15, 0.2) is 23.2 Å². The van der Waals surface area contributed by atoms with Crippen molar-refractivity contribution in [2.75, 3.05) is 58.8 Å². The van der Waals surface area contributed by atoms with Gasteiger partial charge in [-0.15, -0.1) is 0 Å². The molecule has 2 heterocycles. The van der Waals surface area contributed by atoms with Crippen LogP contribution in [-0.4, -0.2) is 70.8 Å². The third kappa shape index (κ3) is 5.42. The third-order valence-electron chi connectivity index (χ3n) is 5.51. The number of aliphatic imine (C=N–C) groups is 1. The highest BCUT2D eigenvalue weighted by atomic mass is 35.5. The van der Waals surface area contributed by atoms with Crippen LogP contribution < -0.4 is 20.3 Å². The molecule has 1 aromatic carbocycles. The average Bonchev–Trinajstić information content (AvgIpc) is 3.13. The zero-order valence-electron chi connectivity index (χ0n) is 16.7. The molecule has 0 aromatic heterocycles. The van der Waals surface area contributed by atoms with E-state index in [1.807, 2.05) is 25.2 Å². The largest absolute Gasteiger partial charge is 0.495 e. The number of likely N-dealkylation sites (tertiary alicyclic amines) is 1. The van der Waals surface area contributed by atoms with E-state index in [1.165, 1.54) is 19.4 Å². The molecule has 2 aliphatic rings. The molecule has 0 saturated carbocycles. The summed E-state index contributed by atoms with van der Waals surface area (Å²) < 4.78 is 5.50. The SMILES string of the molecule is CN=C(NCC1CCCN(C)C1)NC1CCN(c2cc(Cl)ccc2OC)C1. The lowest BCUT2D eigenvalue weighted by molar-refractivity contribution is 0.210. The Kier molecular flexibility index (Phi) is 7.07. The number of piperidine rings is 1. The number of hydrogen-bond donors (Lipinski definition) is 2. The Morgan fingerprint density at radius 2 is 2.15 bits per heavy atom. The van der Waals surface area contributed by atoms with Gasteiger partial charge in [0.05, 0.1) is 12.8 Å². The van der Waals surface area contributed by atoms with Crippen molar-refractivity contribution in [3.8, 4) is 5.75 Å². The van der Waals surface area contributed by atoms with E-state index >= 15 is 0 Å². The van der Waals surface area contributed by atoms with Crippen molar-refractivity contribution in [1.82, 2.24) is 15.5 Å². The molecule has 3 rings (SSSR count). The molecule has 0 amide bonds. The molecule has 2 aliphatic heterocycles. The fourth-order valence-corrected chi connectivity index (χ4v) is 4.24. The van der Waals surface area contributed by atoms with Gasteiger partial charge in [0.2, 0.25) is 0 Å². The van der Waals surface area contributed by atoms with E-state index in [9.17, 15) is 0 Å². The van der Waals surface area contributed by atoms with Crippen molar-refractivity contribution in [2.45, 2.75) is 25.3 Å². The Balaban J connectivity index is 1.51. The van der Waals surface area contributed by atoms with E-state index < -0.39 is 0 Å². The van der Waals surface area contributed by atoms with E-state index in [2.05, 4.69) is 32.5 Å². The summed E-state index contributed by atoms with van der Waals surface area (Å²) in [5.41, 5.74) is 1.06. The van der Waals surface area contributed by atoms with Crippen LogP contribution in [0.3, 0.4) is 0 Å². The molecule has 27 heavy (non-hydrogen) atoms. The summed E-state index contributed by atoms with van der Waals surface area (Å²) in [5, 5.41) is 7.83. The van der Waals surface area contributed by atoms with Crippen LogP contribution in [0.5, 0.6) is 5.75 Å². The van der Waals surface area contributed by atoms with Gasteiger partial charge < -0.3 is 25.2 Å². The van der Waals surface area contributed by atoms with Crippen molar-refractivity contribution in [3.63, 3.8) is 0 Å². The van der Waals surface area contributed by atoms with Crippen molar-refractivity contribution in [2.24, 2.45) is 10.9 Å². The first-order valence-electron chi connectivity index (χ1n) is 9.83. The molecule has 0 bridgehead atoms. The topological polar surface area (TPSA) is 52.1 Å². The minimum absolute atomic E-state index is 0.355. The Morgan fingerprint density at radius 3 is 2.89 bits per heavy atom. The van der Waals surface area contributed by atoms with Gasteiger partial charge in [-0.3, -0.25) is 4.99 Å². The van der Waals surface area contributed by atoms with Crippen LogP contribution in [0.1, 0.15) is 19.3 Å². The van der Waals surface area contributed by atoms with Crippen molar-refractivity contribution in [1.29, 1.82) is 0 Å². The van der Waals surface area contributed by atoms with Gasteiger partial charge >= 0.3 is 0 Å². The predicted octanol–water partition coefficient (Wildman–Crippen LogP) is 2.43. The highest BCUT2D eigenvalue weighted by Gasteiger charge is 2.26. The molecule has 2 atom stereocenters. The summed E-state index contributed by atoms with van der Waals surface area (Å²) in [6.45, 7) is 5.23. The molecule has 2 saturated heterocycles. The Labute approximate surface area is 167 Å². The summed E-state index contributed by atoms with van der Waals surface area (Å²) in [6, 6.07) is 6.13. The fraction of sp³-hybridized carbons (Fsp3) is 0.650. The fourth-order valence-electron chi connectivity index (χ4n) is 4.08. The molecular formula is C20H32ClN5O. The maximum atomic E-state index is 6.19. The lowest BCUT2D eigenvalue weighted by atomic mass is 9.99. The molecule has 2 N–H and O–H groups in total. The van der Waals surface area contributed by atoms with Gasteiger partial charge in [0.1, 0.15) is 5.75 Å². The number of nitrogens with one attached hydrogen (secondary N) is 2. The molecule has 0 aliphatic carbocycles. The van der Waals surface area contributed by atoms with Gasteiger partial charge in [-0.05, 0) is 57.0 Å². The number of benzene rings is 1. The second kappa shape index (κ2) is 9.51. The average molecular weight is 394 g/mol. The van der Waals surface area contributed by atoms with Gasteiger partial charge in [-0.25, -0.2) is 0 Å². The molecule has 0 spiro atoms. The molecule has 2 fully saturated rings. The quantitative estimate of drug-likeness (QED) is 0.594. The van der Waals surface area contributed by atoms with E-state index in [1.54, 1.807) is 7.11 Å². The van der Waals surface area contributed by atoms with Crippen LogP contribution in [-0.2, 0) is 0 Å². The van der Waals surface area contributed by atoms with Crippen molar-refractivity contribution in [3.05, 3.63) is 23.2 Å². The van der Waals surface area contributed by atoms with Crippen molar-refractivity contribution >= 4 is 23.2 Å². The summed E-state index contributed by atoms with van der Waals surface area (Å²) in [5.74, 6) is 2.45. The minimum atomic E-state index is 0.355. The minimum Gasteiger partial charge on any atom is -0.495 e. The zero-order chi connectivity index (χ0) is 19.2. The van der Waals surface area contributed by atoms with Gasteiger partial charge in [0, 0.05) is 44.3 Å². The maximum Gasteiger partial charge on any atom is 0.191 e. The van der Waals surface area contributed by atoms with Crippen LogP contribution in [0.25, 0.3) is 0 Å². The molecule has 6 nitrogen and oxygen atoms in total. The Bertz CT molecular complexity index is 653. The molecule has 0 radical (unpaired) electrons. The predicted molar refractivity (Wildman–Crippen MR) is 113 cm³/mol. The molecular weight excluding hydrogens is 362 g/mol. The van der Waals surface area contributed by atoms with E-state index in [0.29, 0.717) is 12.0 Å². The molecule has 150 valence electrons. The normalized spacial score (nSPS) is 24.1. The first-order chi connectivity index (χ1) is 13.1. The number of anilines is 1. The first kappa shape index (κ1) is 20.1. The van der Waals surface area contributed by atoms with Gasteiger partial charge in [-0.1, -0.05) is 11.6 Å². The second-order valence-corrected chi connectivity index (χ2v) is 8.05. The zero-order valence-corrected chi connectivity index (χ0v) is 17.4. The first-order valence-corrected chi connectivity index (χ1v) is 10.2. The Morgan fingerprint density at radius 1 is 1.30 bits per heavy atom. The van der Waals surface area contributed by atoms with E-state index in [0.717, 1.165) is 55.0 Å². The van der Waals surface area contributed by atoms with E-state index in [-0.39, 0.29) is 0 Å². The summed E-state index contributed by atoms with van der Waals surface area (Å²) in [4.78, 5) is 9.16. The number of hydrogen-bond acceptors (Lipinski definition) is 4. The number of halogens is 1. The lowest BCUT2D eigenvalue weighted by Crippen LogP contribution is -2.47. The van der Waals surface area contributed by atoms with Gasteiger partial charge in [0.15, 0.2) is 5.96 Å². The summed E-state index contributed by atoms with van der Waals surface area (Å²) in [6.07, 6.45) is 3.64. The smallest absolute Gasteiger partial charge is 0.191 e. The van der Waals surface area contributed by atoms with Crippen LogP contribution >= 0.6 is 11.6 Å². The number of ether oxygens (including phenoxy) is 1. The standard InChI is InChI=1S/C20H32ClN5O/c1-22-20(23-12-15-5-4-9-25(2)13-15)24-17-8-10-26(14-17)18-11-16(21)6-7-19(18)27-3/h6-7,11,15,17H,4-5,8-10,12-14H2,1-3H3,(H2,22,23,24). The molecule has 7 heteroatoms. The summed E-state index contributed by atoms with van der Waals surface area (Å²) in [7, 11) is 5.75. The number of rotatable bonds is 5. The van der Waals surface area contributed by atoms with Gasteiger partial charge in [0.25, 0.3) is 0 Å². The van der Waals surface area contributed by atoms with Crippen LogP contribution in [0.2, 0.25) is 5.02 Å². The highest BCUT2D eigenvalue weighted by Crippen LogP contribution is 2.33. The second-order valence-electron chi connectivity index (χ2n) is 7.62. The number of nitrogens with zero attached hydrogens (tertiary/aromatic N) is 3. The molecule has 2 unspecified atom stereocenters. The van der Waals surface area contributed by atoms with E-state index in [4.69, 9.17) is 16.3 Å². The highest BCUT2D eigenvalue weighted by molar-refractivity contribution is 6.30. The number of methoxy groups -OCH3 is 1. The number of guanidine groups is 1. The van der Waals surface area contributed by atoms with Crippen molar-refractivity contribution < 1.29 is 4.74 Å².